The van der Waals surface area contributed by atoms with Gasteiger partial charge in [0, 0.05) is 30.4 Å². The van der Waals surface area contributed by atoms with E-state index in [2.05, 4.69) is 15.7 Å². The molecule has 0 atom stereocenters. The fourth-order valence-electron chi connectivity index (χ4n) is 2.57. The SMILES string of the molecule is CNC(=O)c1ccc(CNC(=O)c2cnn(Cc3ccccc3Cl)c2)cc1. The van der Waals surface area contributed by atoms with Crippen LogP contribution in [0.5, 0.6) is 0 Å². The Bertz CT molecular complexity index is 951. The van der Waals surface area contributed by atoms with E-state index in [4.69, 9.17) is 11.6 Å². The van der Waals surface area contributed by atoms with E-state index in [0.717, 1.165) is 11.1 Å². The molecular weight excluding hydrogens is 364 g/mol. The highest BCUT2D eigenvalue weighted by Gasteiger charge is 2.10. The Hall–Kier alpha value is -3.12. The number of hydrogen-bond donors (Lipinski definition) is 2. The van der Waals surface area contributed by atoms with Crippen LogP contribution in [-0.4, -0.2) is 28.6 Å². The van der Waals surface area contributed by atoms with E-state index in [9.17, 15) is 9.59 Å². The number of aromatic nitrogens is 2. The molecule has 0 aliphatic carbocycles. The van der Waals surface area contributed by atoms with Gasteiger partial charge in [-0.1, -0.05) is 41.9 Å². The summed E-state index contributed by atoms with van der Waals surface area (Å²) in [5, 5.41) is 10.3. The lowest BCUT2D eigenvalue weighted by Gasteiger charge is -2.05. The van der Waals surface area contributed by atoms with Crippen molar-refractivity contribution in [3.05, 3.63) is 88.2 Å². The highest BCUT2D eigenvalue weighted by atomic mass is 35.5. The first kappa shape index (κ1) is 18.7. The van der Waals surface area contributed by atoms with Crippen LogP contribution in [0.25, 0.3) is 0 Å². The molecule has 7 heteroatoms. The minimum absolute atomic E-state index is 0.142. The molecule has 0 radical (unpaired) electrons. The molecule has 2 N–H and O–H groups in total. The molecule has 0 aliphatic heterocycles. The summed E-state index contributed by atoms with van der Waals surface area (Å²) in [6, 6.07) is 14.6. The van der Waals surface area contributed by atoms with E-state index in [0.29, 0.717) is 29.2 Å². The van der Waals surface area contributed by atoms with Crippen molar-refractivity contribution < 1.29 is 9.59 Å². The molecule has 1 aromatic heterocycles. The van der Waals surface area contributed by atoms with Gasteiger partial charge in [-0.15, -0.1) is 0 Å². The Morgan fingerprint density at radius 3 is 2.48 bits per heavy atom. The van der Waals surface area contributed by atoms with Crippen molar-refractivity contribution in [3.8, 4) is 0 Å². The Morgan fingerprint density at radius 2 is 1.78 bits per heavy atom. The van der Waals surface area contributed by atoms with Crippen LogP contribution in [-0.2, 0) is 13.1 Å². The zero-order chi connectivity index (χ0) is 19.2. The van der Waals surface area contributed by atoms with Crippen LogP contribution in [0.1, 0.15) is 31.8 Å². The van der Waals surface area contributed by atoms with Crippen molar-refractivity contribution >= 4 is 23.4 Å². The molecule has 2 aromatic carbocycles. The number of hydrogen-bond acceptors (Lipinski definition) is 3. The van der Waals surface area contributed by atoms with Gasteiger partial charge in [0.15, 0.2) is 0 Å². The van der Waals surface area contributed by atoms with Crippen molar-refractivity contribution in [3.63, 3.8) is 0 Å². The van der Waals surface area contributed by atoms with Gasteiger partial charge in [-0.25, -0.2) is 0 Å². The maximum absolute atomic E-state index is 12.3. The van der Waals surface area contributed by atoms with Gasteiger partial charge >= 0.3 is 0 Å². The van der Waals surface area contributed by atoms with Crippen molar-refractivity contribution in [2.45, 2.75) is 13.1 Å². The predicted octanol–water partition coefficient (Wildman–Crippen LogP) is 2.87. The molecule has 0 aliphatic rings. The van der Waals surface area contributed by atoms with E-state index in [1.165, 1.54) is 6.20 Å². The molecule has 0 saturated carbocycles. The zero-order valence-electron chi connectivity index (χ0n) is 14.8. The second-order valence-corrected chi connectivity index (χ2v) is 6.38. The molecule has 2 amide bonds. The third-order valence-corrected chi connectivity index (χ3v) is 4.45. The molecule has 3 rings (SSSR count). The van der Waals surface area contributed by atoms with Gasteiger partial charge in [-0.3, -0.25) is 14.3 Å². The summed E-state index contributed by atoms with van der Waals surface area (Å²) >= 11 is 6.16. The first-order valence-corrected chi connectivity index (χ1v) is 8.79. The first-order chi connectivity index (χ1) is 13.1. The highest BCUT2D eigenvalue weighted by Crippen LogP contribution is 2.16. The van der Waals surface area contributed by atoms with Gasteiger partial charge in [-0.2, -0.15) is 5.10 Å². The Balaban J connectivity index is 1.58. The number of amides is 2. The quantitative estimate of drug-likeness (QED) is 0.688. The average molecular weight is 383 g/mol. The molecule has 6 nitrogen and oxygen atoms in total. The lowest BCUT2D eigenvalue weighted by molar-refractivity contribution is 0.0946. The summed E-state index contributed by atoms with van der Waals surface area (Å²) in [6.07, 6.45) is 3.22. The minimum atomic E-state index is -0.212. The van der Waals surface area contributed by atoms with Crippen LogP contribution >= 0.6 is 11.6 Å². The standard InChI is InChI=1S/C20H19ClN4O2/c1-22-19(26)15-8-6-14(7-9-15)10-23-20(27)17-11-24-25(13-17)12-16-4-2-3-5-18(16)21/h2-9,11,13H,10,12H2,1H3,(H,22,26)(H,23,27). The Kier molecular flexibility index (Phi) is 5.88. The molecule has 3 aromatic rings. The molecule has 1 heterocycles. The van der Waals surface area contributed by atoms with Gasteiger partial charge in [0.2, 0.25) is 0 Å². The van der Waals surface area contributed by atoms with Gasteiger partial charge in [0.25, 0.3) is 11.8 Å². The van der Waals surface area contributed by atoms with Gasteiger partial charge in [0.05, 0.1) is 18.3 Å². The number of rotatable bonds is 6. The highest BCUT2D eigenvalue weighted by molar-refractivity contribution is 6.31. The third kappa shape index (κ3) is 4.74. The van der Waals surface area contributed by atoms with Crippen LogP contribution < -0.4 is 10.6 Å². The summed E-state index contributed by atoms with van der Waals surface area (Å²) in [4.78, 5) is 23.8. The summed E-state index contributed by atoms with van der Waals surface area (Å²) in [7, 11) is 1.59. The number of benzene rings is 2. The molecule has 0 spiro atoms. The molecule has 0 saturated heterocycles. The number of halogens is 1. The molecule has 0 unspecified atom stereocenters. The normalized spacial score (nSPS) is 10.4. The van der Waals surface area contributed by atoms with Crippen molar-refractivity contribution in [2.75, 3.05) is 7.05 Å². The third-order valence-electron chi connectivity index (χ3n) is 4.08. The molecule has 138 valence electrons. The maximum atomic E-state index is 12.3. The van der Waals surface area contributed by atoms with E-state index < -0.39 is 0 Å². The van der Waals surface area contributed by atoms with Crippen LogP contribution in [0.4, 0.5) is 0 Å². The Labute approximate surface area is 162 Å². The van der Waals surface area contributed by atoms with E-state index in [1.54, 1.807) is 30.1 Å². The lowest BCUT2D eigenvalue weighted by Crippen LogP contribution is -2.22. The van der Waals surface area contributed by atoms with Crippen LogP contribution in [0, 0.1) is 0 Å². The molecular formula is C20H19ClN4O2. The topological polar surface area (TPSA) is 76.0 Å². The van der Waals surface area contributed by atoms with Gasteiger partial charge in [0.1, 0.15) is 0 Å². The smallest absolute Gasteiger partial charge is 0.254 e. The van der Waals surface area contributed by atoms with E-state index in [-0.39, 0.29) is 11.8 Å². The van der Waals surface area contributed by atoms with Crippen molar-refractivity contribution in [1.29, 1.82) is 0 Å². The fourth-order valence-corrected chi connectivity index (χ4v) is 2.77. The van der Waals surface area contributed by atoms with Crippen molar-refractivity contribution in [1.82, 2.24) is 20.4 Å². The number of carbonyl (C=O) groups excluding carboxylic acids is 2. The maximum Gasteiger partial charge on any atom is 0.254 e. The van der Waals surface area contributed by atoms with Crippen molar-refractivity contribution in [2.24, 2.45) is 0 Å². The second kappa shape index (κ2) is 8.51. The average Bonchev–Trinajstić information content (AvgIpc) is 3.16. The summed E-state index contributed by atoms with van der Waals surface area (Å²) < 4.78 is 1.67. The fraction of sp³-hybridized carbons (Fsp3) is 0.150. The summed E-state index contributed by atoms with van der Waals surface area (Å²) in [5.74, 6) is -0.354. The van der Waals surface area contributed by atoms with E-state index >= 15 is 0 Å². The van der Waals surface area contributed by atoms with Crippen LogP contribution in [0.3, 0.4) is 0 Å². The summed E-state index contributed by atoms with van der Waals surface area (Å²) in [6.45, 7) is 0.858. The first-order valence-electron chi connectivity index (χ1n) is 8.42. The predicted molar refractivity (Wildman–Crippen MR) is 104 cm³/mol. The lowest BCUT2D eigenvalue weighted by atomic mass is 10.1. The van der Waals surface area contributed by atoms with Crippen LogP contribution in [0.15, 0.2) is 60.9 Å². The minimum Gasteiger partial charge on any atom is -0.355 e. The number of nitrogens with one attached hydrogen (secondary N) is 2. The number of carbonyl (C=O) groups is 2. The Morgan fingerprint density at radius 1 is 1.04 bits per heavy atom. The number of nitrogens with zero attached hydrogens (tertiary/aromatic N) is 2. The summed E-state index contributed by atoms with van der Waals surface area (Å²) in [5.41, 5.74) is 2.89. The molecule has 0 bridgehead atoms. The monoisotopic (exact) mass is 382 g/mol. The molecule has 27 heavy (non-hydrogen) atoms. The largest absolute Gasteiger partial charge is 0.355 e. The second-order valence-electron chi connectivity index (χ2n) is 5.98. The van der Waals surface area contributed by atoms with Crippen LogP contribution in [0.2, 0.25) is 5.02 Å². The van der Waals surface area contributed by atoms with Gasteiger partial charge < -0.3 is 10.6 Å². The van der Waals surface area contributed by atoms with E-state index in [1.807, 2.05) is 36.4 Å². The van der Waals surface area contributed by atoms with Gasteiger partial charge in [-0.05, 0) is 29.3 Å². The zero-order valence-corrected chi connectivity index (χ0v) is 15.5. The molecule has 0 fully saturated rings.